The first-order valence-electron chi connectivity index (χ1n) is 8.59. The first kappa shape index (κ1) is 15.7. The highest BCUT2D eigenvalue weighted by molar-refractivity contribution is 5.17. The molecular formula is C20H22F2N2. The van der Waals surface area contributed by atoms with Crippen molar-refractivity contribution < 1.29 is 8.78 Å². The lowest BCUT2D eigenvalue weighted by Gasteiger charge is -2.21. The van der Waals surface area contributed by atoms with Gasteiger partial charge in [0.2, 0.25) is 0 Å². The number of nitrogens with zero attached hydrogens (tertiary/aromatic N) is 2. The Morgan fingerprint density at radius 1 is 0.708 bits per heavy atom. The summed E-state index contributed by atoms with van der Waals surface area (Å²) in [7, 11) is 0. The highest BCUT2D eigenvalue weighted by Gasteiger charge is 2.39. The fraction of sp³-hybridized carbons (Fsp3) is 0.400. The molecule has 2 aromatic carbocycles. The third-order valence-electron chi connectivity index (χ3n) is 5.25. The highest BCUT2D eigenvalue weighted by Crippen LogP contribution is 2.32. The molecule has 0 amide bonds. The van der Waals surface area contributed by atoms with E-state index in [1.807, 2.05) is 18.2 Å². The van der Waals surface area contributed by atoms with Crippen LogP contribution in [0.25, 0.3) is 0 Å². The minimum absolute atomic E-state index is 0.155. The van der Waals surface area contributed by atoms with E-state index in [1.54, 1.807) is 12.1 Å². The molecule has 2 saturated heterocycles. The van der Waals surface area contributed by atoms with Crippen LogP contribution in [0.5, 0.6) is 0 Å². The summed E-state index contributed by atoms with van der Waals surface area (Å²) in [5, 5.41) is 0. The molecule has 0 N–H and O–H groups in total. The first-order valence-corrected chi connectivity index (χ1v) is 8.59. The third-order valence-corrected chi connectivity index (χ3v) is 5.25. The topological polar surface area (TPSA) is 6.48 Å². The Bertz CT molecular complexity index is 687. The first-order chi connectivity index (χ1) is 11.7. The summed E-state index contributed by atoms with van der Waals surface area (Å²) in [6.07, 6.45) is 0. The van der Waals surface area contributed by atoms with Gasteiger partial charge in [-0.2, -0.15) is 0 Å². The maximum absolute atomic E-state index is 13.3. The molecular weight excluding hydrogens is 306 g/mol. The quantitative estimate of drug-likeness (QED) is 0.847. The van der Waals surface area contributed by atoms with Crippen molar-refractivity contribution >= 4 is 0 Å². The zero-order chi connectivity index (χ0) is 16.5. The molecule has 2 fully saturated rings. The summed E-state index contributed by atoms with van der Waals surface area (Å²) in [6, 6.07) is 13.7. The van der Waals surface area contributed by atoms with E-state index < -0.39 is 0 Å². The standard InChI is InChI=1S/C20H22F2N2/c21-19-6-4-15(5-7-19)9-23-11-17-13-24(14-18(17)12-23)10-16-2-1-3-20(22)8-16/h1-8,17-18H,9-14H2/t17-,18-/m1/s1. The Morgan fingerprint density at radius 3 is 1.88 bits per heavy atom. The van der Waals surface area contributed by atoms with Crippen molar-refractivity contribution in [2.24, 2.45) is 11.8 Å². The Morgan fingerprint density at radius 2 is 1.29 bits per heavy atom. The minimum atomic E-state index is -0.176. The largest absolute Gasteiger partial charge is 0.298 e. The summed E-state index contributed by atoms with van der Waals surface area (Å²) in [5.74, 6) is 1.06. The highest BCUT2D eigenvalue weighted by atomic mass is 19.1. The number of hydrogen-bond acceptors (Lipinski definition) is 2. The normalized spacial score (nSPS) is 24.4. The van der Waals surface area contributed by atoms with Crippen LogP contribution in [0.4, 0.5) is 8.78 Å². The molecule has 2 atom stereocenters. The monoisotopic (exact) mass is 328 g/mol. The van der Waals surface area contributed by atoms with Gasteiger partial charge in [-0.25, -0.2) is 8.78 Å². The van der Waals surface area contributed by atoms with E-state index >= 15 is 0 Å². The summed E-state index contributed by atoms with van der Waals surface area (Å²) < 4.78 is 26.3. The van der Waals surface area contributed by atoms with E-state index in [4.69, 9.17) is 0 Å². The summed E-state index contributed by atoms with van der Waals surface area (Å²) in [6.45, 7) is 6.10. The minimum Gasteiger partial charge on any atom is -0.298 e. The maximum atomic E-state index is 13.3. The molecule has 2 nitrogen and oxygen atoms in total. The second-order valence-corrected chi connectivity index (χ2v) is 7.16. The Labute approximate surface area is 141 Å². The molecule has 0 bridgehead atoms. The van der Waals surface area contributed by atoms with Crippen molar-refractivity contribution in [1.29, 1.82) is 0 Å². The van der Waals surface area contributed by atoms with Crippen LogP contribution in [0.3, 0.4) is 0 Å². The van der Waals surface area contributed by atoms with Gasteiger partial charge in [-0.15, -0.1) is 0 Å². The molecule has 4 rings (SSSR count). The zero-order valence-corrected chi connectivity index (χ0v) is 13.7. The van der Waals surface area contributed by atoms with E-state index in [0.29, 0.717) is 11.8 Å². The summed E-state index contributed by atoms with van der Waals surface area (Å²) in [4.78, 5) is 4.92. The van der Waals surface area contributed by atoms with Gasteiger partial charge in [-0.05, 0) is 47.2 Å². The molecule has 0 spiro atoms. The van der Waals surface area contributed by atoms with Crippen LogP contribution in [0.15, 0.2) is 48.5 Å². The lowest BCUT2D eigenvalue weighted by molar-refractivity contribution is 0.246. The molecule has 126 valence electrons. The van der Waals surface area contributed by atoms with Crippen LogP contribution < -0.4 is 0 Å². The van der Waals surface area contributed by atoms with Gasteiger partial charge in [-0.1, -0.05) is 24.3 Å². The molecule has 4 heteroatoms. The fourth-order valence-electron chi connectivity index (χ4n) is 4.19. The van der Waals surface area contributed by atoms with E-state index in [0.717, 1.165) is 44.8 Å². The van der Waals surface area contributed by atoms with Crippen LogP contribution in [0.1, 0.15) is 11.1 Å². The average molecular weight is 328 g/mol. The SMILES string of the molecule is Fc1ccc(CN2C[C@@H]3CN(Cc4cccc(F)c4)C[C@H]3C2)cc1. The number of likely N-dealkylation sites (tertiary alicyclic amines) is 2. The molecule has 2 aliphatic heterocycles. The Kier molecular flexibility index (Phi) is 4.33. The van der Waals surface area contributed by atoms with Gasteiger partial charge in [0.25, 0.3) is 0 Å². The molecule has 0 saturated carbocycles. The number of hydrogen-bond donors (Lipinski definition) is 0. The Hall–Kier alpha value is -1.78. The summed E-state index contributed by atoms with van der Waals surface area (Å²) in [5.41, 5.74) is 2.23. The second-order valence-electron chi connectivity index (χ2n) is 7.16. The van der Waals surface area contributed by atoms with E-state index in [1.165, 1.54) is 23.8 Å². The summed E-state index contributed by atoms with van der Waals surface area (Å²) >= 11 is 0. The molecule has 0 aliphatic carbocycles. The number of fused-ring (bicyclic) bond motifs is 1. The number of rotatable bonds is 4. The van der Waals surface area contributed by atoms with Crippen LogP contribution in [-0.4, -0.2) is 36.0 Å². The lowest BCUT2D eigenvalue weighted by Crippen LogP contribution is -2.28. The molecule has 2 aliphatic rings. The second kappa shape index (κ2) is 6.61. The van der Waals surface area contributed by atoms with Crippen molar-refractivity contribution in [3.8, 4) is 0 Å². The van der Waals surface area contributed by atoms with Crippen molar-refractivity contribution in [2.75, 3.05) is 26.2 Å². The molecule has 24 heavy (non-hydrogen) atoms. The average Bonchev–Trinajstić information content (AvgIpc) is 3.07. The van der Waals surface area contributed by atoms with E-state index in [9.17, 15) is 8.78 Å². The smallest absolute Gasteiger partial charge is 0.123 e. The van der Waals surface area contributed by atoms with Crippen LogP contribution >= 0.6 is 0 Å². The van der Waals surface area contributed by atoms with Crippen LogP contribution in [0, 0.1) is 23.5 Å². The number of halogens is 2. The van der Waals surface area contributed by atoms with Crippen LogP contribution in [-0.2, 0) is 13.1 Å². The molecule has 2 aromatic rings. The van der Waals surface area contributed by atoms with Crippen molar-refractivity contribution in [3.05, 3.63) is 71.3 Å². The van der Waals surface area contributed by atoms with Gasteiger partial charge in [0.15, 0.2) is 0 Å². The predicted octanol–water partition coefficient (Wildman–Crippen LogP) is 3.53. The van der Waals surface area contributed by atoms with Gasteiger partial charge in [-0.3, -0.25) is 9.80 Å². The van der Waals surface area contributed by atoms with Gasteiger partial charge < -0.3 is 0 Å². The van der Waals surface area contributed by atoms with Crippen molar-refractivity contribution in [2.45, 2.75) is 13.1 Å². The van der Waals surface area contributed by atoms with Gasteiger partial charge in [0.1, 0.15) is 11.6 Å². The van der Waals surface area contributed by atoms with Crippen LogP contribution in [0.2, 0.25) is 0 Å². The maximum Gasteiger partial charge on any atom is 0.123 e. The number of benzene rings is 2. The predicted molar refractivity (Wildman–Crippen MR) is 90.3 cm³/mol. The van der Waals surface area contributed by atoms with E-state index in [2.05, 4.69) is 9.80 Å². The van der Waals surface area contributed by atoms with E-state index in [-0.39, 0.29) is 11.6 Å². The van der Waals surface area contributed by atoms with Gasteiger partial charge >= 0.3 is 0 Å². The molecule has 0 aromatic heterocycles. The lowest BCUT2D eigenvalue weighted by atomic mass is 10.0. The van der Waals surface area contributed by atoms with Gasteiger partial charge in [0.05, 0.1) is 0 Å². The third kappa shape index (κ3) is 3.50. The fourth-order valence-corrected chi connectivity index (χ4v) is 4.19. The Balaban J connectivity index is 1.31. The van der Waals surface area contributed by atoms with Gasteiger partial charge in [0, 0.05) is 39.3 Å². The molecule has 2 heterocycles. The molecule has 0 unspecified atom stereocenters. The van der Waals surface area contributed by atoms with Crippen molar-refractivity contribution in [3.63, 3.8) is 0 Å². The zero-order valence-electron chi connectivity index (χ0n) is 13.7. The molecule has 0 radical (unpaired) electrons. The van der Waals surface area contributed by atoms with Crippen molar-refractivity contribution in [1.82, 2.24) is 9.80 Å².